The van der Waals surface area contributed by atoms with Gasteiger partial charge < -0.3 is 47.9 Å². The fourth-order valence-corrected chi connectivity index (χ4v) is 6.62. The molecule has 280 valence electrons. The molecule has 3 heterocycles. The summed E-state index contributed by atoms with van der Waals surface area (Å²) >= 11 is 0. The number of nitrogens with zero attached hydrogens (tertiary/aromatic N) is 4. The summed E-state index contributed by atoms with van der Waals surface area (Å²) in [6.07, 6.45) is 6.93. The van der Waals surface area contributed by atoms with Crippen molar-refractivity contribution in [3.05, 3.63) is 65.2 Å². The number of ether oxygens (including phenoxy) is 7. The Kier molecular flexibility index (Phi) is 11.6. The van der Waals surface area contributed by atoms with E-state index < -0.39 is 0 Å². The monoisotopic (exact) mass is 728 g/mol. The van der Waals surface area contributed by atoms with Crippen molar-refractivity contribution in [2.45, 2.75) is 18.9 Å². The van der Waals surface area contributed by atoms with E-state index in [1.807, 2.05) is 17.2 Å². The molecule has 0 unspecified atom stereocenters. The highest BCUT2D eigenvalue weighted by Crippen LogP contribution is 2.40. The molecule has 53 heavy (non-hydrogen) atoms. The van der Waals surface area contributed by atoms with E-state index in [4.69, 9.17) is 33.2 Å². The average molecular weight is 729 g/mol. The summed E-state index contributed by atoms with van der Waals surface area (Å²) in [6, 6.07) is 12.1. The third kappa shape index (κ3) is 7.96. The number of aliphatic imine (C=N–C) groups is 1. The van der Waals surface area contributed by atoms with E-state index >= 15 is 0 Å². The Morgan fingerprint density at radius 3 is 2.04 bits per heavy atom. The number of hydrogen-bond donors (Lipinski definition) is 0. The van der Waals surface area contributed by atoms with Crippen molar-refractivity contribution in [2.75, 3.05) is 81.5 Å². The van der Waals surface area contributed by atoms with Crippen LogP contribution in [0.3, 0.4) is 0 Å². The summed E-state index contributed by atoms with van der Waals surface area (Å²) in [7, 11) is 7.58. The molecule has 0 radical (unpaired) electrons. The first-order valence-corrected chi connectivity index (χ1v) is 17.4. The van der Waals surface area contributed by atoms with Crippen molar-refractivity contribution in [3.63, 3.8) is 0 Å². The van der Waals surface area contributed by atoms with Gasteiger partial charge in [-0.2, -0.15) is 0 Å². The van der Waals surface area contributed by atoms with Gasteiger partial charge in [-0.15, -0.1) is 0 Å². The van der Waals surface area contributed by atoms with Crippen molar-refractivity contribution >= 4 is 35.7 Å². The fraction of sp³-hybridized carbons (Fsp3) is 0.385. The predicted molar refractivity (Wildman–Crippen MR) is 197 cm³/mol. The molecule has 0 N–H and O–H groups in total. The second-order valence-corrected chi connectivity index (χ2v) is 12.5. The Morgan fingerprint density at radius 2 is 1.38 bits per heavy atom. The lowest BCUT2D eigenvalue weighted by Gasteiger charge is -2.34. The van der Waals surface area contributed by atoms with Crippen LogP contribution in [0.2, 0.25) is 0 Å². The number of amides is 3. The molecule has 0 aromatic heterocycles. The van der Waals surface area contributed by atoms with Crippen molar-refractivity contribution < 1.29 is 47.5 Å². The third-order valence-corrected chi connectivity index (χ3v) is 9.45. The summed E-state index contributed by atoms with van der Waals surface area (Å²) in [6.45, 7) is 2.65. The van der Waals surface area contributed by atoms with Gasteiger partial charge in [-0.1, -0.05) is 6.07 Å². The van der Waals surface area contributed by atoms with E-state index in [1.165, 1.54) is 34.5 Å². The summed E-state index contributed by atoms with van der Waals surface area (Å²) in [5, 5.41) is 0. The molecule has 3 amide bonds. The number of piperazine rings is 1. The van der Waals surface area contributed by atoms with Gasteiger partial charge in [-0.05, 0) is 54.8 Å². The van der Waals surface area contributed by atoms with Crippen molar-refractivity contribution in [2.24, 2.45) is 4.99 Å². The van der Waals surface area contributed by atoms with Gasteiger partial charge >= 0.3 is 0 Å². The Balaban J connectivity index is 1.01. The van der Waals surface area contributed by atoms with Gasteiger partial charge in [-0.25, -0.2) is 0 Å². The summed E-state index contributed by atoms with van der Waals surface area (Å²) < 4.78 is 39.2. The van der Waals surface area contributed by atoms with Crippen molar-refractivity contribution in [1.29, 1.82) is 0 Å². The lowest BCUT2D eigenvalue weighted by molar-refractivity contribution is -0.127. The molecule has 14 nitrogen and oxygen atoms in total. The van der Waals surface area contributed by atoms with Gasteiger partial charge in [0.1, 0.15) is 13.2 Å². The number of carbonyl (C=O) groups excluding carboxylic acids is 3. The number of methoxy groups -OCH3 is 5. The van der Waals surface area contributed by atoms with Crippen LogP contribution in [0.4, 0.5) is 5.69 Å². The molecule has 6 rings (SSSR count). The van der Waals surface area contributed by atoms with Gasteiger partial charge in [0, 0.05) is 56.6 Å². The maximum Gasteiger partial charge on any atom is 0.256 e. The summed E-state index contributed by atoms with van der Waals surface area (Å²) in [4.78, 5) is 49.3. The molecule has 3 aliphatic heterocycles. The van der Waals surface area contributed by atoms with Crippen LogP contribution in [0.15, 0.2) is 53.5 Å². The topological polar surface area (TPSA) is 138 Å². The lowest BCUT2D eigenvalue weighted by atomic mass is 10.1. The smallest absolute Gasteiger partial charge is 0.256 e. The van der Waals surface area contributed by atoms with Crippen molar-refractivity contribution in [1.82, 2.24) is 14.7 Å². The zero-order valence-corrected chi connectivity index (χ0v) is 30.6. The highest BCUT2D eigenvalue weighted by Gasteiger charge is 2.33. The molecule has 3 aromatic carbocycles. The lowest BCUT2D eigenvalue weighted by Crippen LogP contribution is -2.50. The number of hydrogen-bond acceptors (Lipinski definition) is 11. The second-order valence-electron chi connectivity index (χ2n) is 12.5. The van der Waals surface area contributed by atoms with Crippen LogP contribution in [0.5, 0.6) is 40.2 Å². The highest BCUT2D eigenvalue weighted by atomic mass is 16.6. The standard InChI is InChI=1S/C39H44N4O10/c1-47-31-19-25(9-11-36(44)41-13-15-42(16-14-41)38(45)26-20-34(49-3)37(51-5)35(21-26)50-4)8-10-30(31)52-17-18-53-33-23-29-28(22-32(33)48-2)39(46)43-12-6-7-27(43)24-40-29/h8-11,19-24,27H,6-7,12-18H2,1-5H3/b11-9+/t27-/m0/s1. The molecule has 3 aliphatic rings. The first-order chi connectivity index (χ1) is 25.8. The molecule has 14 heteroatoms. The van der Waals surface area contributed by atoms with Crippen LogP contribution in [-0.2, 0) is 4.79 Å². The molecular weight excluding hydrogens is 684 g/mol. The highest BCUT2D eigenvalue weighted by molar-refractivity contribution is 6.03. The fourth-order valence-electron chi connectivity index (χ4n) is 6.62. The van der Waals surface area contributed by atoms with Crippen LogP contribution in [-0.4, -0.2) is 126 Å². The second kappa shape index (κ2) is 16.6. The van der Waals surface area contributed by atoms with Gasteiger partial charge in [-0.3, -0.25) is 19.4 Å². The number of fused-ring (bicyclic) bond motifs is 2. The largest absolute Gasteiger partial charge is 0.493 e. The van der Waals surface area contributed by atoms with E-state index in [2.05, 4.69) is 4.99 Å². The first-order valence-electron chi connectivity index (χ1n) is 17.4. The summed E-state index contributed by atoms with van der Waals surface area (Å²) in [5.41, 5.74) is 2.21. The van der Waals surface area contributed by atoms with Crippen molar-refractivity contribution in [3.8, 4) is 40.2 Å². The molecule has 0 spiro atoms. The zero-order valence-electron chi connectivity index (χ0n) is 30.6. The quantitative estimate of drug-likeness (QED) is 0.183. The van der Waals surface area contributed by atoms with Gasteiger partial charge in [0.05, 0.1) is 52.8 Å². The van der Waals surface area contributed by atoms with Gasteiger partial charge in [0.15, 0.2) is 34.5 Å². The Hall–Kier alpha value is -5.92. The minimum absolute atomic E-state index is 0.0132. The van der Waals surface area contributed by atoms with E-state index in [9.17, 15) is 14.4 Å². The van der Waals surface area contributed by atoms with Crippen LogP contribution >= 0.6 is 0 Å². The molecule has 3 aromatic rings. The van der Waals surface area contributed by atoms with Crippen LogP contribution in [0, 0.1) is 0 Å². The maximum absolute atomic E-state index is 13.3. The minimum atomic E-state index is -0.186. The molecule has 0 aliphatic carbocycles. The number of rotatable bonds is 13. The molecule has 2 fully saturated rings. The van der Waals surface area contributed by atoms with Crippen LogP contribution < -0.4 is 33.2 Å². The van der Waals surface area contributed by atoms with Gasteiger partial charge in [0.25, 0.3) is 11.8 Å². The molecule has 1 atom stereocenters. The predicted octanol–water partition coefficient (Wildman–Crippen LogP) is 4.51. The van der Waals surface area contributed by atoms with Crippen LogP contribution in [0.25, 0.3) is 6.08 Å². The number of benzene rings is 3. The molecule has 2 saturated heterocycles. The number of carbonyl (C=O) groups is 3. The minimum Gasteiger partial charge on any atom is -0.493 e. The average Bonchev–Trinajstić information content (AvgIpc) is 3.63. The maximum atomic E-state index is 13.3. The normalized spacial score (nSPS) is 16.5. The Morgan fingerprint density at radius 1 is 0.736 bits per heavy atom. The molecule has 0 bridgehead atoms. The first kappa shape index (κ1) is 36.9. The Labute approximate surface area is 308 Å². The molecule has 0 saturated carbocycles. The summed E-state index contributed by atoms with van der Waals surface area (Å²) in [5.74, 6) is 2.72. The third-order valence-electron chi connectivity index (χ3n) is 9.45. The van der Waals surface area contributed by atoms with Gasteiger partial charge in [0.2, 0.25) is 11.7 Å². The molecular formula is C39H44N4O10. The van der Waals surface area contributed by atoms with E-state index in [1.54, 1.807) is 59.4 Å². The van der Waals surface area contributed by atoms with E-state index in [0.717, 1.165) is 18.4 Å². The SMILES string of the molecule is COc1cc(/C=C/C(=O)N2CCN(C(=O)c3cc(OC)c(OC)c(OC)c3)CC2)ccc1OCCOc1cc2c(cc1OC)C(=O)N1CCC[C@H]1C=N2. The van der Waals surface area contributed by atoms with E-state index in [-0.39, 0.29) is 37.0 Å². The zero-order chi connectivity index (χ0) is 37.5. The Bertz CT molecular complexity index is 1880. The van der Waals surface area contributed by atoms with Crippen LogP contribution in [0.1, 0.15) is 39.1 Å². The van der Waals surface area contributed by atoms with E-state index in [0.29, 0.717) is 89.8 Å².